The van der Waals surface area contributed by atoms with Crippen LogP contribution in [0.1, 0.15) is 6.92 Å². The minimum atomic E-state index is -0.666. The minimum absolute atomic E-state index is 0.179. The van der Waals surface area contributed by atoms with Gasteiger partial charge < -0.3 is 14.5 Å². The first kappa shape index (κ1) is 19.5. The lowest BCUT2D eigenvalue weighted by Gasteiger charge is -2.41. The maximum Gasteiger partial charge on any atom is 0.272 e. The molecule has 2 aromatic rings. The highest BCUT2D eigenvalue weighted by molar-refractivity contribution is 5.78. The summed E-state index contributed by atoms with van der Waals surface area (Å²) in [5.41, 5.74) is -0.0341. The van der Waals surface area contributed by atoms with Crippen LogP contribution in [0, 0.1) is 21.7 Å². The van der Waals surface area contributed by atoms with E-state index in [9.17, 15) is 23.7 Å². The molecule has 0 spiro atoms. The lowest BCUT2D eigenvalue weighted by atomic mass is 10.1. The fourth-order valence-electron chi connectivity index (χ4n) is 3.17. The van der Waals surface area contributed by atoms with Crippen LogP contribution in [0.3, 0.4) is 0 Å². The SMILES string of the molecule is C[C@@H]1CN(c2ccc([N+](=O)[O-])cc2F)CCN1C(=O)COc1ccc(F)cc1. The van der Waals surface area contributed by atoms with Crippen LogP contribution in [-0.4, -0.2) is 48.0 Å². The monoisotopic (exact) mass is 391 g/mol. The number of piperazine rings is 1. The smallest absolute Gasteiger partial charge is 0.272 e. The summed E-state index contributed by atoms with van der Waals surface area (Å²) in [5.74, 6) is -0.877. The van der Waals surface area contributed by atoms with Crippen molar-refractivity contribution < 1.29 is 23.2 Å². The van der Waals surface area contributed by atoms with Gasteiger partial charge in [0.2, 0.25) is 0 Å². The Morgan fingerprint density at radius 3 is 2.54 bits per heavy atom. The Morgan fingerprint density at radius 2 is 1.93 bits per heavy atom. The van der Waals surface area contributed by atoms with Crippen molar-refractivity contribution in [1.82, 2.24) is 4.90 Å². The molecule has 0 bridgehead atoms. The van der Waals surface area contributed by atoms with E-state index in [1.165, 1.54) is 36.4 Å². The van der Waals surface area contributed by atoms with Gasteiger partial charge in [0.25, 0.3) is 11.6 Å². The Bertz CT molecular complexity index is 876. The van der Waals surface area contributed by atoms with Crippen LogP contribution in [0.25, 0.3) is 0 Å². The van der Waals surface area contributed by atoms with Gasteiger partial charge in [-0.15, -0.1) is 0 Å². The summed E-state index contributed by atoms with van der Waals surface area (Å²) in [6, 6.07) is 8.73. The maximum absolute atomic E-state index is 14.2. The Kier molecular flexibility index (Phi) is 5.72. The predicted octanol–water partition coefficient (Wildman–Crippen LogP) is 2.99. The third-order valence-corrected chi connectivity index (χ3v) is 4.61. The average Bonchev–Trinajstić information content (AvgIpc) is 2.67. The van der Waals surface area contributed by atoms with E-state index in [2.05, 4.69) is 0 Å². The predicted molar refractivity (Wildman–Crippen MR) is 98.3 cm³/mol. The number of rotatable bonds is 5. The Labute approximate surface area is 160 Å². The second-order valence-corrected chi connectivity index (χ2v) is 6.52. The van der Waals surface area contributed by atoms with Crippen molar-refractivity contribution in [2.75, 3.05) is 31.1 Å². The van der Waals surface area contributed by atoms with E-state index < -0.39 is 10.7 Å². The number of non-ortho nitro benzene ring substituents is 1. The molecule has 7 nitrogen and oxygen atoms in total. The summed E-state index contributed by atoms with van der Waals surface area (Å²) in [5, 5.41) is 10.7. The number of benzene rings is 2. The second-order valence-electron chi connectivity index (χ2n) is 6.52. The van der Waals surface area contributed by atoms with Gasteiger partial charge in [-0.1, -0.05) is 0 Å². The van der Waals surface area contributed by atoms with Crippen molar-refractivity contribution in [2.45, 2.75) is 13.0 Å². The molecule has 0 aromatic heterocycles. The number of hydrogen-bond acceptors (Lipinski definition) is 5. The van der Waals surface area contributed by atoms with Gasteiger partial charge in [-0.2, -0.15) is 0 Å². The number of carbonyl (C=O) groups excluding carboxylic acids is 1. The first-order valence-electron chi connectivity index (χ1n) is 8.72. The van der Waals surface area contributed by atoms with Gasteiger partial charge in [0.1, 0.15) is 11.6 Å². The van der Waals surface area contributed by atoms with Gasteiger partial charge in [0, 0.05) is 31.7 Å². The van der Waals surface area contributed by atoms with E-state index in [1.54, 1.807) is 9.80 Å². The molecule has 0 saturated carbocycles. The summed E-state index contributed by atoms with van der Waals surface area (Å²) in [6.07, 6.45) is 0. The van der Waals surface area contributed by atoms with Crippen molar-refractivity contribution in [1.29, 1.82) is 0 Å². The van der Waals surface area contributed by atoms with Crippen LogP contribution in [0.5, 0.6) is 5.75 Å². The molecule has 0 unspecified atom stereocenters. The summed E-state index contributed by atoms with van der Waals surface area (Å²) in [7, 11) is 0. The summed E-state index contributed by atoms with van der Waals surface area (Å²) < 4.78 is 32.5. The van der Waals surface area contributed by atoms with Crippen LogP contribution in [0.2, 0.25) is 0 Å². The van der Waals surface area contributed by atoms with Gasteiger partial charge in [0.05, 0.1) is 16.7 Å². The number of hydrogen-bond donors (Lipinski definition) is 0. The number of ether oxygens (including phenoxy) is 1. The highest BCUT2D eigenvalue weighted by Crippen LogP contribution is 2.26. The van der Waals surface area contributed by atoms with E-state index in [1.807, 2.05) is 6.92 Å². The molecule has 0 radical (unpaired) electrons. The van der Waals surface area contributed by atoms with E-state index in [0.29, 0.717) is 25.4 Å². The molecule has 0 N–H and O–H groups in total. The molecule has 1 saturated heterocycles. The van der Waals surface area contributed by atoms with Crippen LogP contribution in [0.4, 0.5) is 20.2 Å². The van der Waals surface area contributed by atoms with Crippen LogP contribution >= 0.6 is 0 Å². The molecule has 1 heterocycles. The molecule has 3 rings (SSSR count). The van der Waals surface area contributed by atoms with Crippen molar-refractivity contribution in [3.05, 3.63) is 64.2 Å². The van der Waals surface area contributed by atoms with Crippen molar-refractivity contribution in [3.63, 3.8) is 0 Å². The highest BCUT2D eigenvalue weighted by Gasteiger charge is 2.29. The molecule has 0 aliphatic carbocycles. The molecule has 1 aliphatic rings. The van der Waals surface area contributed by atoms with Crippen molar-refractivity contribution in [3.8, 4) is 5.75 Å². The Balaban J connectivity index is 1.59. The zero-order valence-corrected chi connectivity index (χ0v) is 15.2. The first-order chi connectivity index (χ1) is 13.3. The molecule has 1 atom stereocenters. The quantitative estimate of drug-likeness (QED) is 0.579. The molecule has 2 aromatic carbocycles. The van der Waals surface area contributed by atoms with Gasteiger partial charge in [-0.3, -0.25) is 14.9 Å². The van der Waals surface area contributed by atoms with Gasteiger partial charge in [0.15, 0.2) is 12.4 Å². The van der Waals surface area contributed by atoms with E-state index in [0.717, 1.165) is 6.07 Å². The third kappa shape index (κ3) is 4.36. The topological polar surface area (TPSA) is 75.9 Å². The molecular formula is C19H19F2N3O4. The van der Waals surface area contributed by atoms with Gasteiger partial charge >= 0.3 is 0 Å². The maximum atomic E-state index is 14.2. The molecule has 148 valence electrons. The number of amides is 1. The summed E-state index contributed by atoms with van der Waals surface area (Å²) in [6.45, 7) is 2.80. The molecule has 1 aliphatic heterocycles. The first-order valence-corrected chi connectivity index (χ1v) is 8.72. The zero-order chi connectivity index (χ0) is 20.3. The number of nitro benzene ring substituents is 1. The number of anilines is 1. The fourth-order valence-corrected chi connectivity index (χ4v) is 3.17. The molecule has 1 amide bonds. The second kappa shape index (κ2) is 8.20. The third-order valence-electron chi connectivity index (χ3n) is 4.61. The van der Waals surface area contributed by atoms with Crippen LogP contribution in [0.15, 0.2) is 42.5 Å². The summed E-state index contributed by atoms with van der Waals surface area (Å²) >= 11 is 0. The van der Waals surface area contributed by atoms with Crippen LogP contribution < -0.4 is 9.64 Å². The average molecular weight is 391 g/mol. The Morgan fingerprint density at radius 1 is 1.21 bits per heavy atom. The number of nitro groups is 1. The number of nitrogens with zero attached hydrogens (tertiary/aromatic N) is 3. The lowest BCUT2D eigenvalue weighted by molar-refractivity contribution is -0.385. The number of carbonyl (C=O) groups is 1. The largest absolute Gasteiger partial charge is 0.484 e. The summed E-state index contributed by atoms with van der Waals surface area (Å²) in [4.78, 5) is 25.9. The molecular weight excluding hydrogens is 372 g/mol. The normalized spacial score (nSPS) is 16.8. The number of halogens is 2. The van der Waals surface area contributed by atoms with Crippen molar-refractivity contribution >= 4 is 17.3 Å². The van der Waals surface area contributed by atoms with Crippen LogP contribution in [-0.2, 0) is 4.79 Å². The highest BCUT2D eigenvalue weighted by atomic mass is 19.1. The molecule has 28 heavy (non-hydrogen) atoms. The standard InChI is InChI=1S/C19H19F2N3O4/c1-13-11-22(18-7-4-15(24(26)27)10-17(18)21)8-9-23(13)19(25)12-28-16-5-2-14(20)3-6-16/h2-7,10,13H,8-9,11-12H2,1H3/t13-/m1/s1. The van der Waals surface area contributed by atoms with E-state index in [-0.39, 0.29) is 35.7 Å². The minimum Gasteiger partial charge on any atom is -0.484 e. The van der Waals surface area contributed by atoms with Gasteiger partial charge in [-0.25, -0.2) is 8.78 Å². The zero-order valence-electron chi connectivity index (χ0n) is 15.2. The van der Waals surface area contributed by atoms with Crippen molar-refractivity contribution in [2.24, 2.45) is 0 Å². The van der Waals surface area contributed by atoms with E-state index in [4.69, 9.17) is 4.74 Å². The molecule has 1 fully saturated rings. The Hall–Kier alpha value is -3.23. The van der Waals surface area contributed by atoms with Gasteiger partial charge in [-0.05, 0) is 37.3 Å². The fraction of sp³-hybridized carbons (Fsp3) is 0.316. The van der Waals surface area contributed by atoms with E-state index >= 15 is 0 Å². The molecule has 9 heteroatoms. The lowest BCUT2D eigenvalue weighted by Crippen LogP contribution is -2.55.